The van der Waals surface area contributed by atoms with Gasteiger partial charge in [-0.25, -0.2) is 0 Å². The Morgan fingerprint density at radius 1 is 1.30 bits per heavy atom. The van der Waals surface area contributed by atoms with Crippen molar-refractivity contribution in [2.24, 2.45) is 17.4 Å². The minimum Gasteiger partial charge on any atom is -0.370 e. The van der Waals surface area contributed by atoms with Crippen molar-refractivity contribution in [3.05, 3.63) is 0 Å². The average Bonchev–Trinajstić information content (AvgIpc) is 3.00. The summed E-state index contributed by atoms with van der Waals surface area (Å²) in [5.41, 5.74) is 11.2. The molecule has 2 aliphatic heterocycles. The Balaban J connectivity index is 1.84. The maximum Gasteiger partial charge on any atom is 0.239 e. The van der Waals surface area contributed by atoms with E-state index in [1.54, 1.807) is 16.7 Å². The van der Waals surface area contributed by atoms with E-state index >= 15 is 0 Å². The van der Waals surface area contributed by atoms with Crippen LogP contribution in [0.5, 0.6) is 0 Å². The molecule has 0 aliphatic carbocycles. The maximum atomic E-state index is 12.4. The van der Waals surface area contributed by atoms with E-state index in [9.17, 15) is 9.59 Å². The molecule has 130 valence electrons. The summed E-state index contributed by atoms with van der Waals surface area (Å²) < 4.78 is 0. The van der Waals surface area contributed by atoms with Crippen LogP contribution in [-0.4, -0.2) is 65.8 Å². The molecule has 0 unspecified atom stereocenters. The normalized spacial score (nSPS) is 26.0. The first-order chi connectivity index (χ1) is 10.9. The average molecular weight is 324 g/mol. The van der Waals surface area contributed by atoms with Gasteiger partial charge >= 0.3 is 0 Å². The zero-order chi connectivity index (χ0) is 17.0. The predicted molar refractivity (Wildman–Crippen MR) is 87.6 cm³/mol. The van der Waals surface area contributed by atoms with Gasteiger partial charge in [0.2, 0.25) is 11.8 Å². The van der Waals surface area contributed by atoms with Crippen molar-refractivity contribution in [1.29, 1.82) is 5.41 Å². The van der Waals surface area contributed by atoms with Gasteiger partial charge in [0.1, 0.15) is 0 Å². The second-order valence-electron chi connectivity index (χ2n) is 6.53. The van der Waals surface area contributed by atoms with Crippen LogP contribution in [-0.2, 0) is 9.59 Å². The summed E-state index contributed by atoms with van der Waals surface area (Å²) in [6, 6.07) is -0.473. The van der Waals surface area contributed by atoms with Crippen LogP contribution in [0.25, 0.3) is 0 Å². The van der Waals surface area contributed by atoms with Crippen molar-refractivity contribution in [2.45, 2.75) is 44.7 Å². The summed E-state index contributed by atoms with van der Waals surface area (Å²) in [4.78, 5) is 27.9. The molecular weight excluding hydrogens is 296 g/mol. The Morgan fingerprint density at radius 3 is 2.65 bits per heavy atom. The third-order valence-electron chi connectivity index (χ3n) is 4.69. The molecule has 2 fully saturated rings. The molecule has 2 rings (SSSR count). The second kappa shape index (κ2) is 7.63. The van der Waals surface area contributed by atoms with Crippen LogP contribution in [0.15, 0.2) is 0 Å². The Morgan fingerprint density at radius 2 is 2.00 bits per heavy atom. The lowest BCUT2D eigenvalue weighted by Gasteiger charge is -2.33. The molecule has 0 aromatic heterocycles. The molecule has 2 heterocycles. The van der Waals surface area contributed by atoms with E-state index in [4.69, 9.17) is 16.9 Å². The minimum absolute atomic E-state index is 0.0176. The highest BCUT2D eigenvalue weighted by atomic mass is 16.2. The largest absolute Gasteiger partial charge is 0.370 e. The highest BCUT2D eigenvalue weighted by Crippen LogP contribution is 2.19. The molecule has 0 bridgehead atoms. The number of amides is 2. The Labute approximate surface area is 137 Å². The van der Waals surface area contributed by atoms with E-state index in [1.807, 2.05) is 0 Å². The number of likely N-dealkylation sites (tertiary alicyclic amines) is 2. The van der Waals surface area contributed by atoms with Crippen molar-refractivity contribution < 1.29 is 9.59 Å². The standard InChI is InChI=1S/C15H28N6O2/c1-10(16)14(23)21-7-3-5-12(21)8-19-13(22)11-4-2-6-20(9-11)15(17)18/h10-12H,2-9,16H2,1H3,(H3,17,18)(H,19,22)/t10-,11-,12-/m0/s1. The van der Waals surface area contributed by atoms with Crippen LogP contribution >= 0.6 is 0 Å². The predicted octanol–water partition coefficient (Wildman–Crippen LogP) is -0.954. The van der Waals surface area contributed by atoms with Gasteiger partial charge in [-0.15, -0.1) is 0 Å². The number of nitrogens with one attached hydrogen (secondary N) is 2. The summed E-state index contributed by atoms with van der Waals surface area (Å²) in [6.45, 7) is 4.09. The maximum absolute atomic E-state index is 12.4. The van der Waals surface area contributed by atoms with Gasteiger partial charge < -0.3 is 26.6 Å². The van der Waals surface area contributed by atoms with E-state index in [2.05, 4.69) is 5.32 Å². The molecule has 2 aliphatic rings. The van der Waals surface area contributed by atoms with Crippen molar-refractivity contribution in [3.8, 4) is 0 Å². The zero-order valence-electron chi connectivity index (χ0n) is 13.8. The van der Waals surface area contributed by atoms with Crippen LogP contribution < -0.4 is 16.8 Å². The number of hydrogen-bond acceptors (Lipinski definition) is 4. The lowest BCUT2D eigenvalue weighted by Crippen LogP contribution is -2.51. The highest BCUT2D eigenvalue weighted by molar-refractivity contribution is 5.82. The smallest absolute Gasteiger partial charge is 0.239 e. The minimum atomic E-state index is -0.506. The number of carbonyl (C=O) groups excluding carboxylic acids is 2. The first-order valence-electron chi connectivity index (χ1n) is 8.33. The SMILES string of the molecule is C[C@H](N)C(=O)N1CCC[C@H]1CNC(=O)[C@H]1CCCN(C(=N)N)C1. The van der Waals surface area contributed by atoms with Crippen LogP contribution in [0.3, 0.4) is 0 Å². The lowest BCUT2D eigenvalue weighted by atomic mass is 9.97. The Bertz CT molecular complexity index is 467. The third-order valence-corrected chi connectivity index (χ3v) is 4.69. The molecule has 0 saturated carbocycles. The molecule has 2 amide bonds. The second-order valence-corrected chi connectivity index (χ2v) is 6.53. The van der Waals surface area contributed by atoms with Crippen molar-refractivity contribution >= 4 is 17.8 Å². The lowest BCUT2D eigenvalue weighted by molar-refractivity contribution is -0.134. The Hall–Kier alpha value is -1.83. The molecule has 6 N–H and O–H groups in total. The molecule has 0 radical (unpaired) electrons. The number of carbonyl (C=O) groups is 2. The first kappa shape index (κ1) is 17.5. The molecule has 3 atom stereocenters. The van der Waals surface area contributed by atoms with Gasteiger partial charge in [0.15, 0.2) is 5.96 Å². The van der Waals surface area contributed by atoms with Crippen molar-refractivity contribution in [3.63, 3.8) is 0 Å². The van der Waals surface area contributed by atoms with Gasteiger partial charge in [0.25, 0.3) is 0 Å². The molecule has 23 heavy (non-hydrogen) atoms. The molecule has 0 aromatic rings. The fourth-order valence-corrected chi connectivity index (χ4v) is 3.37. The molecule has 2 saturated heterocycles. The van der Waals surface area contributed by atoms with Crippen LogP contribution in [0.4, 0.5) is 0 Å². The topological polar surface area (TPSA) is 129 Å². The number of piperidine rings is 1. The summed E-state index contributed by atoms with van der Waals surface area (Å²) >= 11 is 0. The Kier molecular flexibility index (Phi) is 5.81. The molecular formula is C15H28N6O2. The number of hydrogen-bond donors (Lipinski definition) is 4. The monoisotopic (exact) mass is 324 g/mol. The van der Waals surface area contributed by atoms with Gasteiger partial charge in [-0.3, -0.25) is 15.0 Å². The van der Waals surface area contributed by atoms with Crippen LogP contribution in [0, 0.1) is 11.3 Å². The number of nitrogens with zero attached hydrogens (tertiary/aromatic N) is 2. The molecule has 8 heteroatoms. The quantitative estimate of drug-likeness (QED) is 0.391. The summed E-state index contributed by atoms with van der Waals surface area (Å²) in [7, 11) is 0. The van der Waals surface area contributed by atoms with Gasteiger partial charge in [-0.1, -0.05) is 0 Å². The van der Waals surface area contributed by atoms with Gasteiger partial charge in [-0.2, -0.15) is 0 Å². The van der Waals surface area contributed by atoms with E-state index in [1.165, 1.54) is 0 Å². The third kappa shape index (κ3) is 4.34. The number of nitrogens with two attached hydrogens (primary N) is 2. The van der Waals surface area contributed by atoms with Gasteiger partial charge in [0, 0.05) is 32.2 Å². The molecule has 0 aromatic carbocycles. The molecule has 0 spiro atoms. The van der Waals surface area contributed by atoms with E-state index < -0.39 is 6.04 Å². The fraction of sp³-hybridized carbons (Fsp3) is 0.800. The van der Waals surface area contributed by atoms with E-state index in [0.717, 1.165) is 32.2 Å². The summed E-state index contributed by atoms with van der Waals surface area (Å²) in [5, 5.41) is 10.5. The van der Waals surface area contributed by atoms with Crippen molar-refractivity contribution in [1.82, 2.24) is 15.1 Å². The van der Waals surface area contributed by atoms with E-state index in [0.29, 0.717) is 19.6 Å². The fourth-order valence-electron chi connectivity index (χ4n) is 3.37. The number of guanidine groups is 1. The number of rotatable bonds is 4. The van der Waals surface area contributed by atoms with Crippen LogP contribution in [0.2, 0.25) is 0 Å². The van der Waals surface area contributed by atoms with Crippen LogP contribution in [0.1, 0.15) is 32.6 Å². The van der Waals surface area contributed by atoms with Gasteiger partial charge in [-0.05, 0) is 32.6 Å². The first-order valence-corrected chi connectivity index (χ1v) is 8.33. The highest BCUT2D eigenvalue weighted by Gasteiger charge is 2.32. The zero-order valence-corrected chi connectivity index (χ0v) is 13.8. The van der Waals surface area contributed by atoms with Crippen molar-refractivity contribution in [2.75, 3.05) is 26.2 Å². The van der Waals surface area contributed by atoms with E-state index in [-0.39, 0.29) is 29.7 Å². The molecule has 8 nitrogen and oxygen atoms in total. The summed E-state index contributed by atoms with van der Waals surface area (Å²) in [5.74, 6) is -0.197. The summed E-state index contributed by atoms with van der Waals surface area (Å²) in [6.07, 6.45) is 3.50. The van der Waals surface area contributed by atoms with Gasteiger partial charge in [0.05, 0.1) is 12.0 Å².